The van der Waals surface area contributed by atoms with E-state index >= 15 is 0 Å². The van der Waals surface area contributed by atoms with Crippen LogP contribution in [0.4, 0.5) is 11.4 Å². The summed E-state index contributed by atoms with van der Waals surface area (Å²) in [4.78, 5) is -0.267. The average Bonchev–Trinajstić information content (AvgIpc) is 2.52. The lowest BCUT2D eigenvalue weighted by Crippen LogP contribution is -2.12. The molecule has 128 valence electrons. The van der Waals surface area contributed by atoms with Gasteiger partial charge in [-0.15, -0.1) is 5.11 Å². The van der Waals surface area contributed by atoms with Crippen LogP contribution in [0, 0.1) is 13.8 Å². The number of nitrogens with two attached hydrogens (primary N) is 1. The molecule has 3 N–H and O–H groups in total. The smallest absolute Gasteiger partial charge is 0.240 e. The molecule has 0 aliphatic rings. The fraction of sp³-hybridized carbons (Fsp3) is 0.111. The second-order valence-corrected chi connectivity index (χ2v) is 7.41. The highest BCUT2D eigenvalue weighted by Crippen LogP contribution is 2.40. The second-order valence-electron chi connectivity index (χ2n) is 5.88. The van der Waals surface area contributed by atoms with E-state index in [2.05, 4.69) is 10.2 Å². The van der Waals surface area contributed by atoms with Crippen LogP contribution in [0.5, 0.6) is 5.75 Å². The molecule has 0 radical (unpaired) electrons. The zero-order valence-corrected chi connectivity index (χ0v) is 14.6. The minimum Gasteiger partial charge on any atom is -0.505 e. The first-order valence-corrected chi connectivity index (χ1v) is 9.08. The number of aromatic hydroxyl groups is 1. The lowest BCUT2D eigenvalue weighted by atomic mass is 10.1. The van der Waals surface area contributed by atoms with Crippen molar-refractivity contribution in [2.45, 2.75) is 18.7 Å². The summed E-state index contributed by atoms with van der Waals surface area (Å²) in [7, 11) is -4.08. The quantitative estimate of drug-likeness (QED) is 0.687. The Kier molecular flexibility index (Phi) is 4.28. The Hall–Kier alpha value is -2.77. The number of hydrogen-bond acceptors (Lipinski definition) is 5. The number of primary sulfonamides is 1. The molecule has 0 saturated carbocycles. The van der Waals surface area contributed by atoms with Gasteiger partial charge in [-0.1, -0.05) is 30.3 Å². The predicted molar refractivity (Wildman–Crippen MR) is 97.1 cm³/mol. The third-order valence-corrected chi connectivity index (χ3v) is 4.66. The van der Waals surface area contributed by atoms with E-state index in [0.717, 1.165) is 11.1 Å². The minimum atomic E-state index is -4.08. The van der Waals surface area contributed by atoms with Gasteiger partial charge in [0.15, 0.2) is 5.75 Å². The van der Waals surface area contributed by atoms with E-state index in [0.29, 0.717) is 16.5 Å². The van der Waals surface area contributed by atoms with Crippen LogP contribution in [0.1, 0.15) is 11.1 Å². The van der Waals surface area contributed by atoms with Gasteiger partial charge in [-0.05, 0) is 48.6 Å². The normalized spacial score (nSPS) is 12.1. The molecule has 0 bridgehead atoms. The Balaban J connectivity index is 2.23. The van der Waals surface area contributed by atoms with Gasteiger partial charge < -0.3 is 5.11 Å². The van der Waals surface area contributed by atoms with Gasteiger partial charge in [-0.2, -0.15) is 5.11 Å². The third-order valence-electron chi connectivity index (χ3n) is 3.74. The predicted octanol–water partition coefficient (Wildman–Crippen LogP) is 4.23. The van der Waals surface area contributed by atoms with Gasteiger partial charge in [0.1, 0.15) is 10.6 Å². The molecule has 0 fully saturated rings. The number of rotatable bonds is 3. The molecule has 6 nitrogen and oxygen atoms in total. The SMILES string of the molecule is Cc1cc(C)cc(N=Nc2c(S(N)(=O)=O)cc3ccccc3c2O)c1. The summed E-state index contributed by atoms with van der Waals surface area (Å²) in [6.45, 7) is 3.85. The number of phenolic OH excluding ortho intramolecular Hbond substituents is 1. The molecule has 0 heterocycles. The first kappa shape index (κ1) is 17.1. The average molecular weight is 355 g/mol. The maximum Gasteiger partial charge on any atom is 0.240 e. The van der Waals surface area contributed by atoms with Crippen LogP contribution < -0.4 is 5.14 Å². The van der Waals surface area contributed by atoms with Crippen molar-refractivity contribution in [3.05, 3.63) is 59.7 Å². The van der Waals surface area contributed by atoms with Gasteiger partial charge >= 0.3 is 0 Å². The van der Waals surface area contributed by atoms with Crippen molar-refractivity contribution < 1.29 is 13.5 Å². The van der Waals surface area contributed by atoms with Crippen LogP contribution in [0.2, 0.25) is 0 Å². The molecule has 3 rings (SSSR count). The summed E-state index contributed by atoms with van der Waals surface area (Å²) in [5, 5.41) is 24.9. The first-order chi connectivity index (χ1) is 11.8. The summed E-state index contributed by atoms with van der Waals surface area (Å²) in [5.41, 5.74) is 2.40. The van der Waals surface area contributed by atoms with Crippen molar-refractivity contribution in [1.82, 2.24) is 0 Å². The molecule has 3 aromatic rings. The van der Waals surface area contributed by atoms with E-state index < -0.39 is 10.0 Å². The van der Waals surface area contributed by atoms with Gasteiger partial charge in [0, 0.05) is 5.39 Å². The molecule has 0 unspecified atom stereocenters. The van der Waals surface area contributed by atoms with E-state index in [4.69, 9.17) is 5.14 Å². The number of nitrogens with zero attached hydrogens (tertiary/aromatic N) is 2. The Bertz CT molecular complexity index is 1090. The van der Waals surface area contributed by atoms with E-state index in [9.17, 15) is 13.5 Å². The highest BCUT2D eigenvalue weighted by molar-refractivity contribution is 7.89. The lowest BCUT2D eigenvalue weighted by molar-refractivity contribution is 0.481. The molecule has 0 aliphatic carbocycles. The minimum absolute atomic E-state index is 0.166. The number of phenols is 1. The van der Waals surface area contributed by atoms with E-state index in [1.807, 2.05) is 32.0 Å². The largest absolute Gasteiger partial charge is 0.505 e. The van der Waals surface area contributed by atoms with E-state index in [1.165, 1.54) is 6.07 Å². The molecule has 0 spiro atoms. The summed E-state index contributed by atoms with van der Waals surface area (Å²) in [5.74, 6) is -0.268. The van der Waals surface area contributed by atoms with Crippen LogP contribution in [0.3, 0.4) is 0 Å². The summed E-state index contributed by atoms with van der Waals surface area (Å²) >= 11 is 0. The summed E-state index contributed by atoms with van der Waals surface area (Å²) in [6, 6.07) is 13.8. The summed E-state index contributed by atoms with van der Waals surface area (Å²) < 4.78 is 23.9. The van der Waals surface area contributed by atoms with Crippen molar-refractivity contribution in [2.75, 3.05) is 0 Å². The number of fused-ring (bicyclic) bond motifs is 1. The molecule has 0 amide bonds. The Morgan fingerprint density at radius 1 is 0.960 bits per heavy atom. The molecule has 0 aromatic heterocycles. The third kappa shape index (κ3) is 3.52. The van der Waals surface area contributed by atoms with E-state index in [1.54, 1.807) is 24.3 Å². The van der Waals surface area contributed by atoms with Crippen molar-refractivity contribution in [3.63, 3.8) is 0 Å². The molecular formula is C18H17N3O3S. The van der Waals surface area contributed by atoms with Crippen LogP contribution in [-0.4, -0.2) is 13.5 Å². The van der Waals surface area contributed by atoms with Crippen LogP contribution in [0.25, 0.3) is 10.8 Å². The van der Waals surface area contributed by atoms with Crippen LogP contribution >= 0.6 is 0 Å². The number of hydrogen-bond donors (Lipinski definition) is 2. The number of benzene rings is 3. The van der Waals surface area contributed by atoms with Crippen molar-refractivity contribution in [3.8, 4) is 5.75 Å². The monoisotopic (exact) mass is 355 g/mol. The highest BCUT2D eigenvalue weighted by Gasteiger charge is 2.20. The maximum atomic E-state index is 11.9. The van der Waals surface area contributed by atoms with Crippen molar-refractivity contribution in [2.24, 2.45) is 15.4 Å². The van der Waals surface area contributed by atoms with Gasteiger partial charge in [0.05, 0.1) is 5.69 Å². The molecule has 0 saturated heterocycles. The molecule has 25 heavy (non-hydrogen) atoms. The van der Waals surface area contributed by atoms with Crippen molar-refractivity contribution in [1.29, 1.82) is 0 Å². The molecule has 7 heteroatoms. The number of azo groups is 1. The zero-order chi connectivity index (χ0) is 18.2. The van der Waals surface area contributed by atoms with Crippen LogP contribution in [-0.2, 0) is 10.0 Å². The van der Waals surface area contributed by atoms with Crippen molar-refractivity contribution >= 4 is 32.2 Å². The number of aryl methyl sites for hydroxylation is 2. The molecular weight excluding hydrogens is 338 g/mol. The second kappa shape index (κ2) is 6.27. The molecule has 0 aliphatic heterocycles. The van der Waals surface area contributed by atoms with Gasteiger partial charge in [0.2, 0.25) is 10.0 Å². The van der Waals surface area contributed by atoms with E-state index in [-0.39, 0.29) is 16.3 Å². The maximum absolute atomic E-state index is 11.9. The topological polar surface area (TPSA) is 105 Å². The fourth-order valence-electron chi connectivity index (χ4n) is 2.72. The molecule has 0 atom stereocenters. The number of sulfonamides is 1. The fourth-order valence-corrected chi connectivity index (χ4v) is 3.42. The first-order valence-electron chi connectivity index (χ1n) is 7.53. The Morgan fingerprint density at radius 3 is 2.24 bits per heavy atom. The highest BCUT2D eigenvalue weighted by atomic mass is 32.2. The lowest BCUT2D eigenvalue weighted by Gasteiger charge is -2.09. The standard InChI is InChI=1S/C18H17N3O3S/c1-11-7-12(2)9-14(8-11)20-21-17-16(25(19,23)24)10-13-5-3-4-6-15(13)18(17)22/h3-10,22H,1-2H3,(H2,19,23,24). The molecule has 3 aromatic carbocycles. The van der Waals surface area contributed by atoms with Gasteiger partial charge in [-0.25, -0.2) is 13.6 Å². The van der Waals surface area contributed by atoms with Gasteiger partial charge in [-0.3, -0.25) is 0 Å². The van der Waals surface area contributed by atoms with Crippen LogP contribution in [0.15, 0.2) is 63.7 Å². The Labute approximate surface area is 145 Å². The van der Waals surface area contributed by atoms with Gasteiger partial charge in [0.25, 0.3) is 0 Å². The zero-order valence-electron chi connectivity index (χ0n) is 13.8. The Morgan fingerprint density at radius 2 is 1.60 bits per heavy atom. The summed E-state index contributed by atoms with van der Waals surface area (Å²) in [6.07, 6.45) is 0.